The van der Waals surface area contributed by atoms with Crippen molar-refractivity contribution in [3.8, 4) is 5.75 Å². The summed E-state index contributed by atoms with van der Waals surface area (Å²) in [5.74, 6) is 0.296. The standard InChI is InChI=1S/C14H12O.K.H/c15-14-8-4-7-13(11-14)10-9-12-5-2-1-3-6-12;;/h1-11,15H;;. The number of rotatable bonds is 2. The van der Waals surface area contributed by atoms with Crippen molar-refractivity contribution in [1.29, 1.82) is 0 Å². The van der Waals surface area contributed by atoms with E-state index in [9.17, 15) is 5.11 Å². The molecular formula is C14H13KO. The molecule has 2 aromatic carbocycles. The number of hydrogen-bond acceptors (Lipinski definition) is 1. The van der Waals surface area contributed by atoms with Gasteiger partial charge in [-0.3, -0.25) is 0 Å². The van der Waals surface area contributed by atoms with Crippen molar-refractivity contribution in [2.75, 3.05) is 0 Å². The minimum absolute atomic E-state index is 0. The van der Waals surface area contributed by atoms with Gasteiger partial charge >= 0.3 is 51.4 Å². The first-order valence-electron chi connectivity index (χ1n) is 4.87. The van der Waals surface area contributed by atoms with Crippen LogP contribution in [0.2, 0.25) is 0 Å². The average molecular weight is 236 g/mol. The molecule has 0 aliphatic heterocycles. The molecule has 1 N–H and O–H groups in total. The number of aromatic hydroxyl groups is 1. The Morgan fingerprint density at radius 2 is 1.38 bits per heavy atom. The molecule has 0 aliphatic carbocycles. The van der Waals surface area contributed by atoms with Crippen molar-refractivity contribution in [2.24, 2.45) is 0 Å². The summed E-state index contributed by atoms with van der Waals surface area (Å²) >= 11 is 0. The van der Waals surface area contributed by atoms with Crippen molar-refractivity contribution >= 4 is 63.5 Å². The Labute approximate surface area is 138 Å². The molecule has 0 amide bonds. The first-order valence-corrected chi connectivity index (χ1v) is 4.87. The van der Waals surface area contributed by atoms with E-state index in [4.69, 9.17) is 0 Å². The fraction of sp³-hybridized carbons (Fsp3) is 0. The molecule has 0 atom stereocenters. The van der Waals surface area contributed by atoms with E-state index in [2.05, 4.69) is 0 Å². The van der Waals surface area contributed by atoms with E-state index in [1.807, 2.05) is 54.6 Å². The van der Waals surface area contributed by atoms with Gasteiger partial charge in [0.2, 0.25) is 0 Å². The molecule has 0 bridgehead atoms. The molecule has 0 radical (unpaired) electrons. The van der Waals surface area contributed by atoms with Crippen molar-refractivity contribution < 1.29 is 5.11 Å². The maximum atomic E-state index is 9.28. The molecule has 0 spiro atoms. The zero-order valence-electron chi connectivity index (χ0n) is 8.30. The van der Waals surface area contributed by atoms with Crippen LogP contribution >= 0.6 is 0 Å². The van der Waals surface area contributed by atoms with Gasteiger partial charge in [-0.1, -0.05) is 54.6 Å². The second kappa shape index (κ2) is 7.04. The zero-order valence-corrected chi connectivity index (χ0v) is 8.30. The summed E-state index contributed by atoms with van der Waals surface area (Å²) < 4.78 is 0. The summed E-state index contributed by atoms with van der Waals surface area (Å²) in [6, 6.07) is 17.3. The Balaban J connectivity index is 0.00000128. The van der Waals surface area contributed by atoms with Crippen LogP contribution in [0.1, 0.15) is 11.1 Å². The number of hydrogen-bond donors (Lipinski definition) is 1. The van der Waals surface area contributed by atoms with Crippen LogP contribution in [0.5, 0.6) is 5.75 Å². The fourth-order valence-corrected chi connectivity index (χ4v) is 1.39. The van der Waals surface area contributed by atoms with Gasteiger partial charge in [0, 0.05) is 0 Å². The Hall–Kier alpha value is -0.384. The number of phenolic OH excluding ortho intramolecular Hbond substituents is 1. The minimum atomic E-state index is 0. The van der Waals surface area contributed by atoms with Crippen LogP contribution in [0.4, 0.5) is 0 Å². The summed E-state index contributed by atoms with van der Waals surface area (Å²) in [5.41, 5.74) is 2.15. The van der Waals surface area contributed by atoms with Gasteiger partial charge < -0.3 is 5.11 Å². The van der Waals surface area contributed by atoms with Gasteiger partial charge in [0.15, 0.2) is 0 Å². The second-order valence-corrected chi connectivity index (χ2v) is 3.34. The topological polar surface area (TPSA) is 20.2 Å². The Bertz CT molecular complexity index is 463. The third-order valence-corrected chi connectivity index (χ3v) is 2.14. The summed E-state index contributed by atoms with van der Waals surface area (Å²) in [5, 5.41) is 9.28. The van der Waals surface area contributed by atoms with Crippen molar-refractivity contribution in [3.63, 3.8) is 0 Å². The van der Waals surface area contributed by atoms with E-state index in [1.54, 1.807) is 12.1 Å². The first kappa shape index (κ1) is 13.7. The van der Waals surface area contributed by atoms with Crippen LogP contribution in [0, 0.1) is 0 Å². The normalized spacial score (nSPS) is 10.0. The second-order valence-electron chi connectivity index (χ2n) is 3.34. The summed E-state index contributed by atoms with van der Waals surface area (Å²) in [6.07, 6.45) is 4.00. The van der Waals surface area contributed by atoms with Crippen molar-refractivity contribution in [2.45, 2.75) is 0 Å². The SMILES string of the molecule is Oc1cccc(C=Cc2ccccc2)c1.[KH]. The van der Waals surface area contributed by atoms with Gasteiger partial charge in [-0.25, -0.2) is 0 Å². The molecule has 1 nitrogen and oxygen atoms in total. The van der Waals surface area contributed by atoms with Crippen LogP contribution in [0.3, 0.4) is 0 Å². The first-order chi connectivity index (χ1) is 7.34. The van der Waals surface area contributed by atoms with Gasteiger partial charge in [0.1, 0.15) is 5.75 Å². The van der Waals surface area contributed by atoms with Crippen molar-refractivity contribution in [1.82, 2.24) is 0 Å². The summed E-state index contributed by atoms with van der Waals surface area (Å²) in [4.78, 5) is 0. The molecule has 76 valence electrons. The predicted molar refractivity (Wildman–Crippen MR) is 70.6 cm³/mol. The summed E-state index contributed by atoms with van der Waals surface area (Å²) in [7, 11) is 0. The summed E-state index contributed by atoms with van der Waals surface area (Å²) in [6.45, 7) is 0. The number of benzene rings is 2. The molecular weight excluding hydrogens is 223 g/mol. The predicted octanol–water partition coefficient (Wildman–Crippen LogP) is 2.91. The van der Waals surface area contributed by atoms with E-state index < -0.39 is 0 Å². The molecule has 2 aromatic rings. The Morgan fingerprint density at radius 3 is 2.06 bits per heavy atom. The molecule has 16 heavy (non-hydrogen) atoms. The van der Waals surface area contributed by atoms with Gasteiger partial charge in [-0.15, -0.1) is 0 Å². The maximum absolute atomic E-state index is 9.28. The van der Waals surface area contributed by atoms with Crippen molar-refractivity contribution in [3.05, 3.63) is 65.7 Å². The molecule has 2 rings (SSSR count). The Morgan fingerprint density at radius 1 is 0.750 bits per heavy atom. The molecule has 0 aromatic heterocycles. The van der Waals surface area contributed by atoms with Crippen LogP contribution in [-0.4, -0.2) is 56.5 Å². The third-order valence-electron chi connectivity index (χ3n) is 2.14. The van der Waals surface area contributed by atoms with E-state index in [0.717, 1.165) is 11.1 Å². The molecule has 0 saturated carbocycles. The van der Waals surface area contributed by atoms with Gasteiger partial charge in [-0.05, 0) is 23.3 Å². The average Bonchev–Trinajstić information content (AvgIpc) is 2.28. The van der Waals surface area contributed by atoms with E-state index >= 15 is 0 Å². The van der Waals surface area contributed by atoms with Gasteiger partial charge in [-0.2, -0.15) is 0 Å². The molecule has 0 aliphatic rings. The number of phenols is 1. The molecule has 0 unspecified atom stereocenters. The molecule has 0 heterocycles. The van der Waals surface area contributed by atoms with E-state index in [0.29, 0.717) is 5.75 Å². The molecule has 0 saturated heterocycles. The fourth-order valence-electron chi connectivity index (χ4n) is 1.39. The third kappa shape index (κ3) is 4.24. The van der Waals surface area contributed by atoms with Gasteiger partial charge in [0.05, 0.1) is 0 Å². The van der Waals surface area contributed by atoms with Crippen LogP contribution in [-0.2, 0) is 0 Å². The molecule has 0 fully saturated rings. The van der Waals surface area contributed by atoms with E-state index in [-0.39, 0.29) is 51.4 Å². The molecule has 2 heteroatoms. The monoisotopic (exact) mass is 236 g/mol. The van der Waals surface area contributed by atoms with Gasteiger partial charge in [0.25, 0.3) is 0 Å². The van der Waals surface area contributed by atoms with E-state index in [1.165, 1.54) is 0 Å². The Kier molecular flexibility index (Phi) is 6.02. The quantitative estimate of drug-likeness (QED) is 0.628. The zero-order chi connectivity index (χ0) is 10.5. The van der Waals surface area contributed by atoms with Crippen LogP contribution in [0.25, 0.3) is 12.2 Å². The van der Waals surface area contributed by atoms with Crippen LogP contribution in [0.15, 0.2) is 54.6 Å². The van der Waals surface area contributed by atoms with Crippen LogP contribution < -0.4 is 0 Å².